The molecule has 0 saturated heterocycles. The van der Waals surface area contributed by atoms with Gasteiger partial charge in [0.05, 0.1) is 17.1 Å². The number of fused-ring (bicyclic) bond motifs is 1. The Balaban J connectivity index is 2.72. The third-order valence-electron chi connectivity index (χ3n) is 3.23. The highest BCUT2D eigenvalue weighted by atomic mass is 14.7. The fourth-order valence-electron chi connectivity index (χ4n) is 2.01. The first-order valence-electron chi connectivity index (χ1n) is 6.37. The van der Waals surface area contributed by atoms with Gasteiger partial charge in [0.1, 0.15) is 0 Å². The molecule has 0 amide bonds. The highest BCUT2D eigenvalue weighted by molar-refractivity contribution is 5.85. The molecular formula is C16H18N2. The molecule has 0 aliphatic carbocycles. The Labute approximate surface area is 108 Å². The van der Waals surface area contributed by atoms with Crippen molar-refractivity contribution in [1.29, 1.82) is 5.26 Å². The molecule has 0 fully saturated rings. The minimum atomic E-state index is 0.339. The molecule has 2 rings (SSSR count). The van der Waals surface area contributed by atoms with Gasteiger partial charge in [-0.05, 0) is 35.6 Å². The molecule has 2 heteroatoms. The molecule has 2 aromatic rings. The lowest BCUT2D eigenvalue weighted by Crippen LogP contribution is -1.97. The molecule has 0 N–H and O–H groups in total. The fourth-order valence-corrected chi connectivity index (χ4v) is 2.01. The van der Waals surface area contributed by atoms with E-state index < -0.39 is 0 Å². The minimum absolute atomic E-state index is 0.339. The minimum Gasteiger partial charge on any atom is -0.252 e. The lowest BCUT2D eigenvalue weighted by molar-refractivity contribution is 0.828. The van der Waals surface area contributed by atoms with Gasteiger partial charge in [-0.2, -0.15) is 5.26 Å². The molecular weight excluding hydrogens is 220 g/mol. The van der Waals surface area contributed by atoms with Crippen LogP contribution in [0.5, 0.6) is 0 Å². The van der Waals surface area contributed by atoms with Gasteiger partial charge in [-0.25, -0.2) is 0 Å². The van der Waals surface area contributed by atoms with E-state index in [1.807, 2.05) is 12.1 Å². The van der Waals surface area contributed by atoms with Crippen LogP contribution in [0, 0.1) is 11.3 Å². The number of hydrogen-bond donors (Lipinski definition) is 0. The lowest BCUT2D eigenvalue weighted by atomic mass is 9.97. The largest absolute Gasteiger partial charge is 0.252 e. The Morgan fingerprint density at radius 1 is 1.06 bits per heavy atom. The molecule has 0 spiro atoms. The summed E-state index contributed by atoms with van der Waals surface area (Å²) in [5.74, 6) is 0.803. The van der Waals surface area contributed by atoms with Crippen LogP contribution < -0.4 is 0 Å². The molecule has 1 aromatic carbocycles. The Morgan fingerprint density at radius 2 is 1.78 bits per heavy atom. The van der Waals surface area contributed by atoms with Gasteiger partial charge in [-0.1, -0.05) is 33.8 Å². The van der Waals surface area contributed by atoms with Crippen LogP contribution in [0.15, 0.2) is 24.3 Å². The molecule has 1 heterocycles. The van der Waals surface area contributed by atoms with E-state index in [2.05, 4.69) is 50.9 Å². The molecule has 2 nitrogen and oxygen atoms in total. The Morgan fingerprint density at radius 3 is 2.33 bits per heavy atom. The number of nitrogens with zero attached hydrogens (tertiary/aromatic N) is 2. The van der Waals surface area contributed by atoms with Crippen LogP contribution in [0.3, 0.4) is 0 Å². The Kier molecular flexibility index (Phi) is 3.34. The molecule has 0 radical (unpaired) electrons. The SMILES string of the molecule is CC(C)c1ccc2nc(C(C)C)cc(C#N)c2c1. The van der Waals surface area contributed by atoms with Crippen molar-refractivity contribution in [2.75, 3.05) is 0 Å². The summed E-state index contributed by atoms with van der Waals surface area (Å²) in [6.45, 7) is 8.50. The van der Waals surface area contributed by atoms with Crippen LogP contribution >= 0.6 is 0 Å². The third kappa shape index (κ3) is 2.22. The summed E-state index contributed by atoms with van der Waals surface area (Å²) in [6.07, 6.45) is 0. The first-order valence-corrected chi connectivity index (χ1v) is 6.37. The van der Waals surface area contributed by atoms with E-state index in [4.69, 9.17) is 0 Å². The maximum absolute atomic E-state index is 9.29. The average molecular weight is 238 g/mol. The van der Waals surface area contributed by atoms with Crippen molar-refractivity contribution in [2.24, 2.45) is 0 Å². The van der Waals surface area contributed by atoms with Gasteiger partial charge in [0.15, 0.2) is 0 Å². The van der Waals surface area contributed by atoms with Gasteiger partial charge in [0, 0.05) is 11.1 Å². The molecule has 92 valence electrons. The summed E-state index contributed by atoms with van der Waals surface area (Å²) in [6, 6.07) is 10.4. The Hall–Kier alpha value is -1.88. The van der Waals surface area contributed by atoms with Crippen molar-refractivity contribution in [1.82, 2.24) is 4.98 Å². The lowest BCUT2D eigenvalue weighted by Gasteiger charge is -2.10. The summed E-state index contributed by atoms with van der Waals surface area (Å²) < 4.78 is 0. The second kappa shape index (κ2) is 4.78. The van der Waals surface area contributed by atoms with Crippen molar-refractivity contribution in [3.63, 3.8) is 0 Å². The zero-order valence-corrected chi connectivity index (χ0v) is 11.4. The Bertz CT molecular complexity index is 619. The summed E-state index contributed by atoms with van der Waals surface area (Å²) in [7, 11) is 0. The van der Waals surface area contributed by atoms with Crippen molar-refractivity contribution in [3.05, 3.63) is 41.1 Å². The molecule has 0 saturated carbocycles. The number of hydrogen-bond acceptors (Lipinski definition) is 2. The molecule has 1 aromatic heterocycles. The van der Waals surface area contributed by atoms with Crippen LogP contribution in [0.1, 0.15) is 56.4 Å². The number of pyridine rings is 1. The average Bonchev–Trinajstić information content (AvgIpc) is 2.36. The predicted molar refractivity (Wildman–Crippen MR) is 74.6 cm³/mol. The topological polar surface area (TPSA) is 36.7 Å². The van der Waals surface area contributed by atoms with Crippen molar-refractivity contribution in [2.45, 2.75) is 39.5 Å². The van der Waals surface area contributed by atoms with E-state index >= 15 is 0 Å². The van der Waals surface area contributed by atoms with Crippen molar-refractivity contribution < 1.29 is 0 Å². The molecule has 0 aliphatic heterocycles. The quantitative estimate of drug-likeness (QED) is 0.779. The maximum Gasteiger partial charge on any atom is 0.0999 e. The van der Waals surface area contributed by atoms with E-state index in [1.165, 1.54) is 5.56 Å². The van der Waals surface area contributed by atoms with Crippen LogP contribution in [0.4, 0.5) is 0 Å². The molecule has 0 bridgehead atoms. The van der Waals surface area contributed by atoms with E-state index in [0.29, 0.717) is 11.8 Å². The first kappa shape index (κ1) is 12.6. The fraction of sp³-hybridized carbons (Fsp3) is 0.375. The van der Waals surface area contributed by atoms with E-state index in [0.717, 1.165) is 22.2 Å². The standard InChI is InChI=1S/C16H18N2/c1-10(2)12-5-6-15-14(7-12)13(9-17)8-16(18-15)11(3)4/h5-8,10-11H,1-4H3. The van der Waals surface area contributed by atoms with E-state index in [-0.39, 0.29) is 0 Å². The second-order valence-corrected chi connectivity index (χ2v) is 5.29. The van der Waals surface area contributed by atoms with Crippen LogP contribution in [-0.4, -0.2) is 4.98 Å². The highest BCUT2D eigenvalue weighted by Crippen LogP contribution is 2.25. The zero-order chi connectivity index (χ0) is 13.3. The van der Waals surface area contributed by atoms with E-state index in [9.17, 15) is 5.26 Å². The van der Waals surface area contributed by atoms with Crippen LogP contribution in [0.2, 0.25) is 0 Å². The molecule has 0 aliphatic rings. The van der Waals surface area contributed by atoms with Crippen LogP contribution in [-0.2, 0) is 0 Å². The summed E-state index contributed by atoms with van der Waals surface area (Å²) in [5.41, 5.74) is 3.88. The number of nitriles is 1. The van der Waals surface area contributed by atoms with Crippen molar-refractivity contribution in [3.8, 4) is 6.07 Å². The van der Waals surface area contributed by atoms with Gasteiger partial charge in [-0.3, -0.25) is 4.98 Å². The smallest absolute Gasteiger partial charge is 0.0999 e. The zero-order valence-electron chi connectivity index (χ0n) is 11.4. The summed E-state index contributed by atoms with van der Waals surface area (Å²) in [5, 5.41) is 10.3. The monoisotopic (exact) mass is 238 g/mol. The predicted octanol–water partition coefficient (Wildman–Crippen LogP) is 4.35. The molecule has 0 unspecified atom stereocenters. The summed E-state index contributed by atoms with van der Waals surface area (Å²) in [4.78, 5) is 4.63. The van der Waals surface area contributed by atoms with Gasteiger partial charge in [0.2, 0.25) is 0 Å². The van der Waals surface area contributed by atoms with Gasteiger partial charge in [-0.15, -0.1) is 0 Å². The number of benzene rings is 1. The first-order chi connectivity index (χ1) is 8.52. The maximum atomic E-state index is 9.29. The third-order valence-corrected chi connectivity index (χ3v) is 3.23. The molecule has 18 heavy (non-hydrogen) atoms. The second-order valence-electron chi connectivity index (χ2n) is 5.29. The van der Waals surface area contributed by atoms with Gasteiger partial charge in [0.25, 0.3) is 0 Å². The van der Waals surface area contributed by atoms with Crippen LogP contribution in [0.25, 0.3) is 10.9 Å². The highest BCUT2D eigenvalue weighted by Gasteiger charge is 2.09. The molecule has 0 atom stereocenters. The van der Waals surface area contributed by atoms with Gasteiger partial charge >= 0.3 is 0 Å². The number of aromatic nitrogens is 1. The van der Waals surface area contributed by atoms with E-state index in [1.54, 1.807) is 0 Å². The van der Waals surface area contributed by atoms with Crippen molar-refractivity contribution >= 4 is 10.9 Å². The normalized spacial score (nSPS) is 11.2. The summed E-state index contributed by atoms with van der Waals surface area (Å²) >= 11 is 0. The van der Waals surface area contributed by atoms with Gasteiger partial charge < -0.3 is 0 Å². The number of rotatable bonds is 2.